The predicted molar refractivity (Wildman–Crippen MR) is 45.4 cm³/mol. The van der Waals surface area contributed by atoms with Gasteiger partial charge in [-0.15, -0.1) is 0 Å². The second-order valence-corrected chi connectivity index (χ2v) is 4.16. The van der Waals surface area contributed by atoms with E-state index in [4.69, 9.17) is 14.2 Å². The molecule has 5 heteroatoms. The summed E-state index contributed by atoms with van der Waals surface area (Å²) < 4.78 is 15.8. The van der Waals surface area contributed by atoms with Gasteiger partial charge >= 0.3 is 5.97 Å². The van der Waals surface area contributed by atoms with Gasteiger partial charge in [-0.25, -0.2) is 4.79 Å². The number of hydrogen-bond donors (Lipinski definition) is 1. The summed E-state index contributed by atoms with van der Waals surface area (Å²) >= 11 is 0. The van der Waals surface area contributed by atoms with Crippen LogP contribution in [0, 0.1) is 0 Å². The first-order valence-electron chi connectivity index (χ1n) is 4.65. The minimum Gasteiger partial charge on any atom is -0.455 e. The smallest absolute Gasteiger partial charge is 0.338 e. The van der Waals surface area contributed by atoms with Crippen molar-refractivity contribution in [1.29, 1.82) is 0 Å². The van der Waals surface area contributed by atoms with Crippen molar-refractivity contribution in [2.45, 2.75) is 51.0 Å². The van der Waals surface area contributed by atoms with E-state index in [2.05, 4.69) is 0 Å². The topological polar surface area (TPSA) is 65.0 Å². The van der Waals surface area contributed by atoms with Crippen molar-refractivity contribution in [3.8, 4) is 0 Å². The van der Waals surface area contributed by atoms with E-state index < -0.39 is 36.2 Å². The minimum absolute atomic E-state index is 0.452. The van der Waals surface area contributed by atoms with Crippen LogP contribution in [0.4, 0.5) is 0 Å². The molecule has 0 saturated carbocycles. The molecule has 0 bridgehead atoms. The maximum Gasteiger partial charge on any atom is 0.338 e. The van der Waals surface area contributed by atoms with Crippen molar-refractivity contribution in [2.75, 3.05) is 0 Å². The number of aliphatic hydroxyl groups excluding tert-OH is 1. The molecule has 2 aliphatic heterocycles. The first kappa shape index (κ1) is 9.89. The van der Waals surface area contributed by atoms with Gasteiger partial charge < -0.3 is 19.3 Å². The summed E-state index contributed by atoms with van der Waals surface area (Å²) in [6.07, 6.45) is -2.54. The standard InChI is InChI=1S/C9H14O5/c1-4(10)5-6-7(8(11)12-5)14-9(2,3)13-6/h4-7,10H,1-3H3/t4-,5+,6-,7-/m1/s1. The van der Waals surface area contributed by atoms with Gasteiger partial charge in [0, 0.05) is 0 Å². The van der Waals surface area contributed by atoms with Gasteiger partial charge in [0.05, 0.1) is 6.10 Å². The molecule has 2 fully saturated rings. The lowest BCUT2D eigenvalue weighted by Gasteiger charge is -2.22. The van der Waals surface area contributed by atoms with Crippen molar-refractivity contribution < 1.29 is 24.1 Å². The zero-order chi connectivity index (χ0) is 10.5. The highest BCUT2D eigenvalue weighted by molar-refractivity contribution is 5.78. The van der Waals surface area contributed by atoms with Crippen molar-refractivity contribution in [3.63, 3.8) is 0 Å². The Kier molecular flexibility index (Phi) is 2.06. The molecule has 5 nitrogen and oxygen atoms in total. The molecule has 2 aliphatic rings. The number of carbonyl (C=O) groups excluding carboxylic acids is 1. The molecule has 0 unspecified atom stereocenters. The first-order chi connectivity index (χ1) is 6.41. The van der Waals surface area contributed by atoms with E-state index in [1.54, 1.807) is 20.8 Å². The van der Waals surface area contributed by atoms with Gasteiger partial charge in [0.15, 0.2) is 18.0 Å². The van der Waals surface area contributed by atoms with Gasteiger partial charge in [-0.2, -0.15) is 0 Å². The number of aliphatic hydroxyl groups is 1. The van der Waals surface area contributed by atoms with Crippen molar-refractivity contribution in [3.05, 3.63) is 0 Å². The Bertz CT molecular complexity index is 260. The average molecular weight is 202 g/mol. The van der Waals surface area contributed by atoms with Crippen LogP contribution in [-0.4, -0.2) is 41.3 Å². The summed E-state index contributed by atoms with van der Waals surface area (Å²) in [5, 5.41) is 9.37. The number of carbonyl (C=O) groups is 1. The van der Waals surface area contributed by atoms with Gasteiger partial charge in [0.1, 0.15) is 6.10 Å². The van der Waals surface area contributed by atoms with Crippen molar-refractivity contribution >= 4 is 5.97 Å². The lowest BCUT2D eigenvalue weighted by Crippen LogP contribution is -2.36. The summed E-state index contributed by atoms with van der Waals surface area (Å²) in [4.78, 5) is 11.3. The lowest BCUT2D eigenvalue weighted by molar-refractivity contribution is -0.192. The number of fused-ring (bicyclic) bond motifs is 1. The fourth-order valence-electron chi connectivity index (χ4n) is 1.85. The molecular formula is C9H14O5. The molecule has 0 aromatic heterocycles. The monoisotopic (exact) mass is 202 g/mol. The molecule has 80 valence electrons. The Morgan fingerprint density at radius 1 is 1.43 bits per heavy atom. The third-order valence-electron chi connectivity index (χ3n) is 2.41. The summed E-state index contributed by atoms with van der Waals surface area (Å²) in [6.45, 7) is 5.03. The summed E-state index contributed by atoms with van der Waals surface area (Å²) in [7, 11) is 0. The molecule has 0 spiro atoms. The highest BCUT2D eigenvalue weighted by atomic mass is 16.8. The number of cyclic esters (lactones) is 1. The quantitative estimate of drug-likeness (QED) is 0.597. The highest BCUT2D eigenvalue weighted by Crippen LogP contribution is 2.36. The maximum absolute atomic E-state index is 11.3. The van der Waals surface area contributed by atoms with Gasteiger partial charge in [0.2, 0.25) is 0 Å². The third-order valence-corrected chi connectivity index (χ3v) is 2.41. The summed E-state index contributed by atoms with van der Waals surface area (Å²) in [5.74, 6) is -1.23. The molecule has 14 heavy (non-hydrogen) atoms. The van der Waals surface area contributed by atoms with Crippen LogP contribution >= 0.6 is 0 Å². The molecule has 0 amide bonds. The molecule has 4 atom stereocenters. The number of ether oxygens (including phenoxy) is 3. The third kappa shape index (κ3) is 1.41. The van der Waals surface area contributed by atoms with E-state index in [1.165, 1.54) is 0 Å². The lowest BCUT2D eigenvalue weighted by atomic mass is 10.1. The van der Waals surface area contributed by atoms with Crippen LogP contribution in [0.3, 0.4) is 0 Å². The first-order valence-corrected chi connectivity index (χ1v) is 4.65. The second kappa shape index (κ2) is 2.92. The summed E-state index contributed by atoms with van der Waals surface area (Å²) in [5.41, 5.74) is 0. The molecular weight excluding hydrogens is 188 g/mol. The van der Waals surface area contributed by atoms with Crippen LogP contribution in [0.5, 0.6) is 0 Å². The molecule has 0 radical (unpaired) electrons. The van der Waals surface area contributed by atoms with Crippen LogP contribution in [0.15, 0.2) is 0 Å². The van der Waals surface area contributed by atoms with Crippen LogP contribution in [0.25, 0.3) is 0 Å². The van der Waals surface area contributed by atoms with Crippen LogP contribution in [0.1, 0.15) is 20.8 Å². The van der Waals surface area contributed by atoms with Crippen molar-refractivity contribution in [1.82, 2.24) is 0 Å². The van der Waals surface area contributed by atoms with E-state index in [0.717, 1.165) is 0 Å². The molecule has 2 saturated heterocycles. The Morgan fingerprint density at radius 3 is 2.64 bits per heavy atom. The van der Waals surface area contributed by atoms with Crippen molar-refractivity contribution in [2.24, 2.45) is 0 Å². The van der Waals surface area contributed by atoms with E-state index in [9.17, 15) is 9.90 Å². The Labute approximate surface area is 81.9 Å². The number of rotatable bonds is 1. The molecule has 2 heterocycles. The maximum atomic E-state index is 11.3. The molecule has 0 aromatic rings. The largest absolute Gasteiger partial charge is 0.455 e. The molecule has 0 aromatic carbocycles. The zero-order valence-electron chi connectivity index (χ0n) is 8.39. The van der Waals surface area contributed by atoms with Gasteiger partial charge in [0.25, 0.3) is 0 Å². The Hall–Kier alpha value is -0.650. The Balaban J connectivity index is 2.19. The zero-order valence-corrected chi connectivity index (χ0v) is 8.39. The van der Waals surface area contributed by atoms with Gasteiger partial charge in [-0.1, -0.05) is 0 Å². The van der Waals surface area contributed by atoms with Crippen LogP contribution in [-0.2, 0) is 19.0 Å². The number of hydrogen-bond acceptors (Lipinski definition) is 5. The van der Waals surface area contributed by atoms with Crippen LogP contribution < -0.4 is 0 Å². The second-order valence-electron chi connectivity index (χ2n) is 4.16. The minimum atomic E-state index is -0.776. The molecule has 0 aliphatic carbocycles. The fraction of sp³-hybridized carbons (Fsp3) is 0.889. The van der Waals surface area contributed by atoms with E-state index in [1.807, 2.05) is 0 Å². The molecule has 2 rings (SSSR count). The van der Waals surface area contributed by atoms with Gasteiger partial charge in [-0.3, -0.25) is 0 Å². The highest BCUT2D eigenvalue weighted by Gasteiger charge is 2.57. The van der Waals surface area contributed by atoms with E-state index >= 15 is 0 Å². The molecule has 1 N–H and O–H groups in total. The number of esters is 1. The van der Waals surface area contributed by atoms with Crippen LogP contribution in [0.2, 0.25) is 0 Å². The fourth-order valence-corrected chi connectivity index (χ4v) is 1.85. The SMILES string of the molecule is C[C@@H](O)[C@@H]1OC(=O)[C@@H]2OC(C)(C)O[C@H]12. The van der Waals surface area contributed by atoms with E-state index in [0.29, 0.717) is 0 Å². The van der Waals surface area contributed by atoms with E-state index in [-0.39, 0.29) is 0 Å². The summed E-state index contributed by atoms with van der Waals surface area (Å²) in [6, 6.07) is 0. The average Bonchev–Trinajstić information content (AvgIpc) is 2.47. The predicted octanol–water partition coefficient (Wildman–Crippen LogP) is -0.187. The Morgan fingerprint density at radius 2 is 2.07 bits per heavy atom. The van der Waals surface area contributed by atoms with Gasteiger partial charge in [-0.05, 0) is 20.8 Å². The normalized spacial score (nSPS) is 42.0.